The number of hydrogen-bond acceptors (Lipinski definition) is 6. The summed E-state index contributed by atoms with van der Waals surface area (Å²) in [4.78, 5) is 0. The Kier molecular flexibility index (Phi) is 5.79. The Morgan fingerprint density at radius 1 is 0.921 bits per heavy atom. The summed E-state index contributed by atoms with van der Waals surface area (Å²) in [6.45, 7) is 18.2. The molecule has 3 N–H and O–H groups in total. The average molecular weight is 530 g/mol. The van der Waals surface area contributed by atoms with E-state index in [-0.39, 0.29) is 51.8 Å². The highest BCUT2D eigenvalue weighted by Crippen LogP contribution is 2.75. The maximum atomic E-state index is 12.1. The van der Waals surface area contributed by atoms with Crippen LogP contribution in [-0.4, -0.2) is 43.9 Å². The second-order valence-electron chi connectivity index (χ2n) is 16.1. The molecule has 10 atom stereocenters. The van der Waals surface area contributed by atoms with Gasteiger partial charge in [-0.05, 0) is 106 Å². The Labute approximate surface area is 228 Å². The van der Waals surface area contributed by atoms with Crippen molar-refractivity contribution in [1.82, 2.24) is 5.16 Å². The molecule has 0 bridgehead atoms. The summed E-state index contributed by atoms with van der Waals surface area (Å²) in [5, 5.41) is 38.5. The fraction of sp³-hybridized carbons (Fsp3) is 0.906. The van der Waals surface area contributed by atoms with Crippen molar-refractivity contribution in [2.45, 2.75) is 142 Å². The van der Waals surface area contributed by atoms with Crippen molar-refractivity contribution in [3.05, 3.63) is 17.0 Å². The van der Waals surface area contributed by atoms with Crippen LogP contribution in [0.5, 0.6) is 0 Å². The lowest BCUT2D eigenvalue weighted by molar-refractivity contribution is -0.260. The molecule has 3 saturated carbocycles. The molecule has 38 heavy (non-hydrogen) atoms. The van der Waals surface area contributed by atoms with Crippen LogP contribution in [0.15, 0.2) is 4.52 Å². The minimum atomic E-state index is -0.473. The van der Waals surface area contributed by atoms with Gasteiger partial charge in [-0.3, -0.25) is 0 Å². The third-order valence-electron chi connectivity index (χ3n) is 13.3. The molecule has 0 spiro atoms. The number of fused-ring (bicyclic) bond motifs is 6. The molecule has 0 radical (unpaired) electrons. The molecular formula is C32H51NO5. The zero-order valence-electron chi connectivity index (χ0n) is 24.9. The highest BCUT2D eigenvalue weighted by Gasteiger charge is 2.73. The number of aromatic nitrogens is 1. The summed E-state index contributed by atoms with van der Waals surface area (Å²) in [6, 6.07) is 0. The lowest BCUT2D eigenvalue weighted by Crippen LogP contribution is -2.69. The van der Waals surface area contributed by atoms with E-state index in [1.165, 1.54) is 6.42 Å². The van der Waals surface area contributed by atoms with E-state index in [2.05, 4.69) is 60.5 Å². The van der Waals surface area contributed by atoms with Crippen LogP contribution < -0.4 is 0 Å². The monoisotopic (exact) mass is 529 g/mol. The van der Waals surface area contributed by atoms with Crippen molar-refractivity contribution in [3.63, 3.8) is 0 Å². The molecule has 5 aliphatic rings. The summed E-state index contributed by atoms with van der Waals surface area (Å²) in [5.41, 5.74) is 0.397. The maximum absolute atomic E-state index is 12.1. The summed E-state index contributed by atoms with van der Waals surface area (Å²) in [5.74, 6) is 1.52. The van der Waals surface area contributed by atoms with Crippen molar-refractivity contribution < 1.29 is 24.6 Å². The van der Waals surface area contributed by atoms with Gasteiger partial charge in [-0.1, -0.05) is 39.8 Å². The first-order valence-corrected chi connectivity index (χ1v) is 15.2. The number of aliphatic hydroxyl groups excluding tert-OH is 3. The Morgan fingerprint density at radius 2 is 1.63 bits per heavy atom. The van der Waals surface area contributed by atoms with Gasteiger partial charge in [0.1, 0.15) is 11.5 Å². The number of hydrogen-bond donors (Lipinski definition) is 3. The highest BCUT2D eigenvalue weighted by atomic mass is 16.5. The van der Waals surface area contributed by atoms with E-state index >= 15 is 0 Å². The summed E-state index contributed by atoms with van der Waals surface area (Å²) in [6.07, 6.45) is 6.78. The second-order valence-corrected chi connectivity index (χ2v) is 16.1. The molecule has 2 heterocycles. The molecule has 1 aromatic heterocycles. The van der Waals surface area contributed by atoms with Gasteiger partial charge < -0.3 is 24.6 Å². The van der Waals surface area contributed by atoms with Crippen LogP contribution in [-0.2, 0) is 23.2 Å². The Balaban J connectivity index is 1.43. The fourth-order valence-corrected chi connectivity index (χ4v) is 12.0. The van der Waals surface area contributed by atoms with Gasteiger partial charge in [-0.15, -0.1) is 0 Å². The first-order chi connectivity index (χ1) is 17.5. The molecular weight excluding hydrogens is 478 g/mol. The predicted molar refractivity (Wildman–Crippen MR) is 145 cm³/mol. The van der Waals surface area contributed by atoms with Crippen molar-refractivity contribution in [2.24, 2.45) is 39.9 Å². The third-order valence-corrected chi connectivity index (χ3v) is 13.3. The minimum Gasteiger partial charge on any atom is -0.393 e. The number of aliphatic hydroxyl groups is 3. The zero-order valence-corrected chi connectivity index (χ0v) is 24.9. The van der Waals surface area contributed by atoms with Crippen molar-refractivity contribution in [1.29, 1.82) is 0 Å². The van der Waals surface area contributed by atoms with E-state index in [9.17, 15) is 15.3 Å². The van der Waals surface area contributed by atoms with Crippen LogP contribution in [0.3, 0.4) is 0 Å². The first-order valence-electron chi connectivity index (χ1n) is 15.2. The van der Waals surface area contributed by atoms with Gasteiger partial charge in [-0.25, -0.2) is 0 Å². The molecule has 6 nitrogen and oxygen atoms in total. The van der Waals surface area contributed by atoms with Crippen LogP contribution >= 0.6 is 0 Å². The number of nitrogens with zero attached hydrogens (tertiary/aromatic N) is 1. The molecule has 6 rings (SSSR count). The molecule has 1 saturated heterocycles. The topological polar surface area (TPSA) is 96.0 Å². The van der Waals surface area contributed by atoms with Gasteiger partial charge in [0.2, 0.25) is 0 Å². The van der Waals surface area contributed by atoms with Crippen molar-refractivity contribution >= 4 is 0 Å². The lowest BCUT2D eigenvalue weighted by atomic mass is 9.34. The van der Waals surface area contributed by atoms with Crippen LogP contribution in [0.4, 0.5) is 0 Å². The molecule has 214 valence electrons. The quantitative estimate of drug-likeness (QED) is 0.465. The second kappa shape index (κ2) is 8.08. The zero-order chi connectivity index (χ0) is 27.7. The van der Waals surface area contributed by atoms with Crippen LogP contribution in [0.1, 0.15) is 117 Å². The lowest BCUT2D eigenvalue weighted by Gasteiger charge is -2.70. The van der Waals surface area contributed by atoms with Crippen molar-refractivity contribution in [2.75, 3.05) is 0 Å². The molecule has 4 aliphatic carbocycles. The van der Waals surface area contributed by atoms with E-state index in [0.29, 0.717) is 11.6 Å². The van der Waals surface area contributed by atoms with E-state index < -0.39 is 17.6 Å². The normalized spacial score (nSPS) is 51.0. The van der Waals surface area contributed by atoms with Crippen LogP contribution in [0.2, 0.25) is 0 Å². The molecule has 1 aromatic rings. The predicted octanol–water partition coefficient (Wildman–Crippen LogP) is 5.55. The number of ether oxygens (including phenoxy) is 1. The van der Waals surface area contributed by atoms with Crippen LogP contribution in [0.25, 0.3) is 0 Å². The molecule has 0 aromatic carbocycles. The molecule has 0 unspecified atom stereocenters. The van der Waals surface area contributed by atoms with Crippen LogP contribution in [0, 0.1) is 39.9 Å². The van der Waals surface area contributed by atoms with Gasteiger partial charge in [0.15, 0.2) is 0 Å². The summed E-state index contributed by atoms with van der Waals surface area (Å²) < 4.78 is 12.7. The van der Waals surface area contributed by atoms with E-state index in [0.717, 1.165) is 56.3 Å². The van der Waals surface area contributed by atoms with E-state index in [1.54, 1.807) is 0 Å². The fourth-order valence-electron chi connectivity index (χ4n) is 12.0. The number of rotatable bonds is 2. The SMILES string of the molecule is CC1(C)CCC[C@](C)([C@H]2CC[C@]3(C)[C@@H]2[C@H](O)C[C@@H]2[C@@]4(C)Cc5c(CO)noc5C(C)(C)[C@@H]4[C@H](O)C[C@]23C)O1. The third kappa shape index (κ3) is 3.30. The van der Waals surface area contributed by atoms with Gasteiger partial charge in [0.25, 0.3) is 0 Å². The minimum absolute atomic E-state index is 0.00962. The molecule has 4 fully saturated rings. The van der Waals surface area contributed by atoms with Gasteiger partial charge in [0.05, 0.1) is 30.0 Å². The Hall–Kier alpha value is -0.950. The largest absolute Gasteiger partial charge is 0.393 e. The van der Waals surface area contributed by atoms with E-state index in [4.69, 9.17) is 9.26 Å². The summed E-state index contributed by atoms with van der Waals surface area (Å²) in [7, 11) is 0. The Morgan fingerprint density at radius 3 is 2.29 bits per heavy atom. The standard InChI is InChI=1S/C32H51NO5/c1-27(2)11-9-12-32(8,38-27)19-10-13-30(6)24(19)21(35)14-23-29(5)15-18-20(17-34)33-37-26(18)28(3,4)25(29)22(36)16-31(23,30)7/h19,21-25,34-36H,9-17H2,1-8H3/t19-,21+,22+,23+,24-,25-,29+,30+,31+,32+/m0/s1. The average Bonchev–Trinajstić information content (AvgIpc) is 3.37. The van der Waals surface area contributed by atoms with Gasteiger partial charge in [0, 0.05) is 16.9 Å². The van der Waals surface area contributed by atoms with Gasteiger partial charge in [-0.2, -0.15) is 0 Å². The van der Waals surface area contributed by atoms with E-state index in [1.807, 2.05) is 0 Å². The smallest absolute Gasteiger partial charge is 0.146 e. The maximum Gasteiger partial charge on any atom is 0.146 e. The van der Waals surface area contributed by atoms with Crippen molar-refractivity contribution in [3.8, 4) is 0 Å². The Bertz CT molecular complexity index is 1110. The molecule has 0 amide bonds. The summed E-state index contributed by atoms with van der Waals surface area (Å²) >= 11 is 0. The van der Waals surface area contributed by atoms with Gasteiger partial charge >= 0.3 is 0 Å². The highest BCUT2D eigenvalue weighted by molar-refractivity contribution is 5.37. The first kappa shape index (κ1) is 27.2. The molecule has 1 aliphatic heterocycles. The molecule has 6 heteroatoms.